The van der Waals surface area contributed by atoms with Crippen LogP contribution in [-0.2, 0) is 0 Å². The lowest BCUT2D eigenvalue weighted by molar-refractivity contribution is 0.717. The summed E-state index contributed by atoms with van der Waals surface area (Å²) in [4.78, 5) is 4.96. The van der Waals surface area contributed by atoms with Gasteiger partial charge in [0.25, 0.3) is 0 Å². The maximum atomic E-state index is 4.96. The van der Waals surface area contributed by atoms with Gasteiger partial charge in [-0.05, 0) is 60.2 Å². The molecule has 3 rings (SSSR count). The first-order valence-corrected chi connectivity index (χ1v) is 10.1. The van der Waals surface area contributed by atoms with Gasteiger partial charge in [0.15, 0.2) is 0 Å². The summed E-state index contributed by atoms with van der Waals surface area (Å²) in [5.41, 5.74) is 9.84. The molecule has 1 aromatic heterocycles. The van der Waals surface area contributed by atoms with E-state index in [9.17, 15) is 0 Å². The zero-order valence-electron chi connectivity index (χ0n) is 16.9. The van der Waals surface area contributed by atoms with Gasteiger partial charge in [-0.25, -0.2) is 0 Å². The van der Waals surface area contributed by atoms with Crippen molar-refractivity contribution in [1.82, 2.24) is 4.98 Å². The van der Waals surface area contributed by atoms with Gasteiger partial charge in [-0.15, -0.1) is 5.73 Å². The van der Waals surface area contributed by atoms with Gasteiger partial charge in [-0.3, -0.25) is 4.98 Å². The van der Waals surface area contributed by atoms with Crippen LogP contribution in [0.2, 0.25) is 6.82 Å². The molecule has 0 fully saturated rings. The summed E-state index contributed by atoms with van der Waals surface area (Å²) < 4.78 is 0. The van der Waals surface area contributed by atoms with Crippen molar-refractivity contribution in [2.45, 2.75) is 38.9 Å². The minimum atomic E-state index is 0.307. The summed E-state index contributed by atoms with van der Waals surface area (Å²) in [7, 11) is 2.13. The molecule has 1 aliphatic rings. The Balaban J connectivity index is 2.03. The minimum absolute atomic E-state index is 0.307. The third kappa shape index (κ3) is 5.12. The van der Waals surface area contributed by atoms with Crippen LogP contribution < -0.4 is 5.46 Å². The van der Waals surface area contributed by atoms with E-state index in [1.54, 1.807) is 0 Å². The summed E-state index contributed by atoms with van der Waals surface area (Å²) in [6.07, 6.45) is 15.7. The van der Waals surface area contributed by atoms with Crippen LogP contribution >= 0.6 is 0 Å². The van der Waals surface area contributed by atoms with Crippen LogP contribution in [0.25, 0.3) is 16.7 Å². The Kier molecular flexibility index (Phi) is 7.06. The van der Waals surface area contributed by atoms with Crippen molar-refractivity contribution in [3.63, 3.8) is 0 Å². The zero-order valence-corrected chi connectivity index (χ0v) is 16.9. The van der Waals surface area contributed by atoms with Crippen LogP contribution in [0.15, 0.2) is 85.2 Å². The maximum Gasteiger partial charge on any atom is 0.148 e. The minimum Gasteiger partial charge on any atom is -0.252 e. The van der Waals surface area contributed by atoms with Gasteiger partial charge >= 0.3 is 0 Å². The summed E-state index contributed by atoms with van der Waals surface area (Å²) in [6.45, 7) is 8.45. The predicted octanol–water partition coefficient (Wildman–Crippen LogP) is 6.25. The lowest BCUT2D eigenvalue weighted by Gasteiger charge is -2.16. The Labute approximate surface area is 170 Å². The Morgan fingerprint density at radius 3 is 2.89 bits per heavy atom. The number of rotatable bonds is 7. The van der Waals surface area contributed by atoms with Gasteiger partial charge < -0.3 is 0 Å². The molecule has 0 saturated heterocycles. The monoisotopic (exact) mass is 364 g/mol. The van der Waals surface area contributed by atoms with Crippen molar-refractivity contribution in [3.05, 3.63) is 96.6 Å². The smallest absolute Gasteiger partial charge is 0.148 e. The van der Waals surface area contributed by atoms with Gasteiger partial charge in [0, 0.05) is 11.6 Å². The Bertz CT molecular complexity index is 958. The van der Waals surface area contributed by atoms with Crippen LogP contribution in [-0.4, -0.2) is 12.3 Å². The van der Waals surface area contributed by atoms with Gasteiger partial charge in [-0.2, -0.15) is 0 Å². The average molecular weight is 364 g/mol. The highest BCUT2D eigenvalue weighted by atomic mass is 14.7. The predicted molar refractivity (Wildman–Crippen MR) is 123 cm³/mol. The molecule has 1 atom stereocenters. The van der Waals surface area contributed by atoms with Crippen molar-refractivity contribution < 1.29 is 0 Å². The second-order valence-corrected chi connectivity index (χ2v) is 7.02. The molecule has 139 valence electrons. The van der Waals surface area contributed by atoms with Crippen molar-refractivity contribution in [3.8, 4) is 11.1 Å². The van der Waals surface area contributed by atoms with E-state index in [-0.39, 0.29) is 0 Å². The second-order valence-electron chi connectivity index (χ2n) is 7.02. The molecule has 0 bridgehead atoms. The van der Waals surface area contributed by atoms with Gasteiger partial charge in [0.2, 0.25) is 0 Å². The number of hydrogen-bond donors (Lipinski definition) is 0. The van der Waals surface area contributed by atoms with E-state index >= 15 is 0 Å². The molecule has 1 unspecified atom stereocenters. The van der Waals surface area contributed by atoms with E-state index in [0.717, 1.165) is 36.2 Å². The van der Waals surface area contributed by atoms with Crippen molar-refractivity contribution in [1.29, 1.82) is 0 Å². The largest absolute Gasteiger partial charge is 0.252 e. The molecule has 2 aromatic rings. The van der Waals surface area contributed by atoms with Crippen LogP contribution in [0, 0.1) is 0 Å². The van der Waals surface area contributed by atoms with Crippen LogP contribution in [0.5, 0.6) is 0 Å². The van der Waals surface area contributed by atoms with E-state index in [0.29, 0.717) is 5.92 Å². The highest BCUT2D eigenvalue weighted by Gasteiger charge is 2.15. The molecule has 1 heterocycles. The lowest BCUT2D eigenvalue weighted by atomic mass is 9.72. The van der Waals surface area contributed by atoms with E-state index in [1.807, 2.05) is 12.2 Å². The van der Waals surface area contributed by atoms with E-state index in [2.05, 4.69) is 94.0 Å². The van der Waals surface area contributed by atoms with E-state index in [1.165, 1.54) is 16.6 Å². The number of hydrogen-bond acceptors (Lipinski definition) is 1. The molecule has 1 aliphatic carbocycles. The van der Waals surface area contributed by atoms with Crippen LogP contribution in [0.1, 0.15) is 43.5 Å². The van der Waals surface area contributed by atoms with Gasteiger partial charge in [0.1, 0.15) is 7.28 Å². The molecule has 28 heavy (non-hydrogen) atoms. The second kappa shape index (κ2) is 9.92. The number of benzene rings is 1. The molecular formula is C26H27BN. The SMILES string of the molecule is C=C(/C=C\C=C/CC)c1cc(-c2cccc([B]C)c2)cc(C2C=C=CCC2)n1. The average Bonchev–Trinajstić information content (AvgIpc) is 2.77. The van der Waals surface area contributed by atoms with Crippen molar-refractivity contribution >= 4 is 18.3 Å². The standard InChI is InChI=1S/C26H27BN/c1-4-5-6-8-12-20(2)25-18-23(22-15-11-16-24(17-22)27-3)19-26(28-25)21-13-9-7-10-14-21/h5-8,11-12,14-19,21H,2,4,9,13H2,1,3H3/b6-5-,12-8-. The maximum absolute atomic E-state index is 4.96. The molecule has 0 aliphatic heterocycles. The first kappa shape index (κ1) is 19.9. The molecular weight excluding hydrogens is 337 g/mol. The molecule has 0 saturated carbocycles. The summed E-state index contributed by atoms with van der Waals surface area (Å²) in [5, 5.41) is 0. The molecule has 2 heteroatoms. The van der Waals surface area contributed by atoms with Crippen molar-refractivity contribution in [2.75, 3.05) is 0 Å². The molecule has 0 spiro atoms. The number of allylic oxidation sites excluding steroid dienone is 6. The quantitative estimate of drug-likeness (QED) is 0.321. The highest BCUT2D eigenvalue weighted by molar-refractivity contribution is 6.52. The van der Waals surface area contributed by atoms with Crippen LogP contribution in [0.4, 0.5) is 0 Å². The van der Waals surface area contributed by atoms with E-state index < -0.39 is 0 Å². The fourth-order valence-electron chi connectivity index (χ4n) is 3.29. The first-order chi connectivity index (χ1) is 13.7. The molecule has 0 amide bonds. The summed E-state index contributed by atoms with van der Waals surface area (Å²) in [6, 6.07) is 13.0. The van der Waals surface area contributed by atoms with E-state index in [4.69, 9.17) is 4.98 Å². The van der Waals surface area contributed by atoms with Crippen LogP contribution in [0.3, 0.4) is 0 Å². The number of aromatic nitrogens is 1. The van der Waals surface area contributed by atoms with Gasteiger partial charge in [-0.1, -0.05) is 74.4 Å². The Morgan fingerprint density at radius 2 is 2.14 bits per heavy atom. The molecule has 1 nitrogen and oxygen atoms in total. The fraction of sp³-hybridized carbons (Fsp3) is 0.231. The summed E-state index contributed by atoms with van der Waals surface area (Å²) in [5.74, 6) is 0.307. The normalized spacial score (nSPS) is 16.1. The Morgan fingerprint density at radius 1 is 1.25 bits per heavy atom. The van der Waals surface area contributed by atoms with Crippen molar-refractivity contribution in [2.24, 2.45) is 0 Å². The molecule has 1 aromatic carbocycles. The Hall–Kier alpha value is -2.83. The number of nitrogens with zero attached hydrogens (tertiary/aromatic N) is 1. The first-order valence-electron chi connectivity index (χ1n) is 10.1. The molecule has 1 radical (unpaired) electrons. The summed E-state index contributed by atoms with van der Waals surface area (Å²) >= 11 is 0. The highest BCUT2D eigenvalue weighted by Crippen LogP contribution is 2.30. The lowest BCUT2D eigenvalue weighted by Crippen LogP contribution is -2.09. The topological polar surface area (TPSA) is 12.9 Å². The number of pyridine rings is 1. The fourth-order valence-corrected chi connectivity index (χ4v) is 3.29. The third-order valence-electron chi connectivity index (χ3n) is 4.92. The molecule has 0 N–H and O–H groups in total. The third-order valence-corrected chi connectivity index (χ3v) is 4.92. The zero-order chi connectivity index (χ0) is 19.8. The van der Waals surface area contributed by atoms with Gasteiger partial charge in [0.05, 0.1) is 5.69 Å².